The summed E-state index contributed by atoms with van der Waals surface area (Å²) in [4.78, 5) is 27.3. The van der Waals surface area contributed by atoms with Crippen LogP contribution in [-0.2, 0) is 4.74 Å². The molecule has 4 heterocycles. The van der Waals surface area contributed by atoms with Crippen molar-refractivity contribution >= 4 is 16.6 Å². The molecule has 0 amide bonds. The number of hydrogen-bond donors (Lipinski definition) is 1. The van der Waals surface area contributed by atoms with Crippen LogP contribution in [0.5, 0.6) is 0 Å². The Labute approximate surface area is 118 Å². The van der Waals surface area contributed by atoms with Crippen LogP contribution in [0.1, 0.15) is 18.9 Å². The Morgan fingerprint density at radius 3 is 2.90 bits per heavy atom. The van der Waals surface area contributed by atoms with Crippen molar-refractivity contribution in [2.75, 3.05) is 13.2 Å². The van der Waals surface area contributed by atoms with Crippen molar-refractivity contribution < 1.29 is 4.74 Å². The molecule has 0 aliphatic carbocycles. The molecule has 0 bridgehead atoms. The van der Waals surface area contributed by atoms with Crippen LogP contribution in [0.15, 0.2) is 34.1 Å². The fraction of sp³-hybridized carbons (Fsp3) is 0.357. The summed E-state index contributed by atoms with van der Waals surface area (Å²) in [6, 6.07) is 3.27. The van der Waals surface area contributed by atoms with Gasteiger partial charge in [0.1, 0.15) is 5.65 Å². The second-order valence-corrected chi connectivity index (χ2v) is 5.24. The van der Waals surface area contributed by atoms with Crippen molar-refractivity contribution in [1.29, 1.82) is 0 Å². The van der Waals surface area contributed by atoms with Gasteiger partial charge in [-0.05, 0) is 12.8 Å². The van der Waals surface area contributed by atoms with E-state index in [0.717, 1.165) is 12.8 Å². The monoisotopic (exact) mass is 286 g/mol. The lowest BCUT2D eigenvalue weighted by Crippen LogP contribution is -2.29. The number of hydrogen-bond acceptors (Lipinski definition) is 4. The maximum absolute atomic E-state index is 12.4. The molecule has 0 spiro atoms. The number of fused-ring (bicyclic) bond motifs is 3. The van der Waals surface area contributed by atoms with Crippen LogP contribution in [-0.4, -0.2) is 32.4 Å². The zero-order chi connectivity index (χ0) is 14.4. The van der Waals surface area contributed by atoms with Gasteiger partial charge in [0.15, 0.2) is 0 Å². The van der Waals surface area contributed by atoms with Crippen LogP contribution in [0.3, 0.4) is 0 Å². The molecule has 3 aromatic heterocycles. The quantitative estimate of drug-likeness (QED) is 0.713. The molecule has 7 nitrogen and oxygen atoms in total. The molecule has 1 N–H and O–H groups in total. The molecule has 0 aromatic carbocycles. The maximum atomic E-state index is 12.4. The highest BCUT2D eigenvalue weighted by Crippen LogP contribution is 2.20. The maximum Gasteiger partial charge on any atom is 0.260 e. The van der Waals surface area contributed by atoms with E-state index in [1.54, 1.807) is 27.5 Å². The van der Waals surface area contributed by atoms with Crippen LogP contribution < -0.4 is 11.1 Å². The molecule has 0 radical (unpaired) electrons. The van der Waals surface area contributed by atoms with E-state index >= 15 is 0 Å². The summed E-state index contributed by atoms with van der Waals surface area (Å²) in [5.41, 5.74) is 0.790. The van der Waals surface area contributed by atoms with E-state index in [0.29, 0.717) is 29.8 Å². The summed E-state index contributed by atoms with van der Waals surface area (Å²) in [6.45, 7) is 1.29. The Morgan fingerprint density at radius 2 is 2.10 bits per heavy atom. The number of aromatic nitrogens is 4. The molecule has 7 heteroatoms. The number of H-pyrrole nitrogens is 1. The number of pyridine rings is 1. The van der Waals surface area contributed by atoms with Gasteiger partial charge in [-0.3, -0.25) is 9.59 Å². The number of nitrogens with one attached hydrogen (secondary N) is 1. The van der Waals surface area contributed by atoms with Crippen molar-refractivity contribution in [3.05, 3.63) is 45.2 Å². The summed E-state index contributed by atoms with van der Waals surface area (Å²) in [6.07, 6.45) is 4.81. The Kier molecular flexibility index (Phi) is 2.68. The van der Waals surface area contributed by atoms with Crippen LogP contribution in [0.25, 0.3) is 16.6 Å². The third-order valence-electron chi connectivity index (χ3n) is 4.00. The number of nitrogens with zero attached hydrogens (tertiary/aromatic N) is 3. The Morgan fingerprint density at radius 1 is 1.29 bits per heavy atom. The molecule has 0 atom stereocenters. The Balaban J connectivity index is 2.00. The van der Waals surface area contributed by atoms with Crippen molar-refractivity contribution in [2.24, 2.45) is 0 Å². The first-order valence-electron chi connectivity index (χ1n) is 6.94. The summed E-state index contributed by atoms with van der Waals surface area (Å²) < 4.78 is 8.55. The van der Waals surface area contributed by atoms with Gasteiger partial charge in [0.2, 0.25) is 0 Å². The van der Waals surface area contributed by atoms with E-state index in [2.05, 4.69) is 10.1 Å². The molecule has 1 aliphatic heterocycles. The fourth-order valence-corrected chi connectivity index (χ4v) is 2.91. The molecule has 3 aromatic rings. The smallest absolute Gasteiger partial charge is 0.260 e. The largest absolute Gasteiger partial charge is 0.381 e. The number of aromatic amines is 1. The molecule has 1 aliphatic rings. The van der Waals surface area contributed by atoms with Crippen LogP contribution in [0.4, 0.5) is 0 Å². The van der Waals surface area contributed by atoms with Crippen molar-refractivity contribution in [2.45, 2.75) is 18.9 Å². The zero-order valence-corrected chi connectivity index (χ0v) is 11.3. The Hall–Kier alpha value is -2.41. The highest BCUT2D eigenvalue weighted by molar-refractivity contribution is 5.78. The average molecular weight is 286 g/mol. The topological polar surface area (TPSA) is 81.4 Å². The van der Waals surface area contributed by atoms with Gasteiger partial charge in [-0.1, -0.05) is 0 Å². The van der Waals surface area contributed by atoms with Crippen molar-refractivity contribution in [3.63, 3.8) is 0 Å². The summed E-state index contributed by atoms with van der Waals surface area (Å²) >= 11 is 0. The van der Waals surface area contributed by atoms with Gasteiger partial charge in [0.25, 0.3) is 11.1 Å². The molecule has 21 heavy (non-hydrogen) atoms. The lowest BCUT2D eigenvalue weighted by atomic mass is 10.1. The summed E-state index contributed by atoms with van der Waals surface area (Å²) in [7, 11) is 0. The second-order valence-electron chi connectivity index (χ2n) is 5.24. The fourth-order valence-electron chi connectivity index (χ4n) is 2.91. The van der Waals surface area contributed by atoms with Gasteiger partial charge in [0, 0.05) is 37.6 Å². The summed E-state index contributed by atoms with van der Waals surface area (Å²) in [5.74, 6) is 0. The summed E-state index contributed by atoms with van der Waals surface area (Å²) in [5, 5.41) is 4.62. The van der Waals surface area contributed by atoms with E-state index in [1.807, 2.05) is 0 Å². The zero-order valence-electron chi connectivity index (χ0n) is 11.3. The van der Waals surface area contributed by atoms with Gasteiger partial charge in [-0.15, -0.1) is 0 Å². The van der Waals surface area contributed by atoms with E-state index in [9.17, 15) is 9.59 Å². The number of rotatable bonds is 1. The van der Waals surface area contributed by atoms with Crippen molar-refractivity contribution in [1.82, 2.24) is 19.2 Å². The highest BCUT2D eigenvalue weighted by Gasteiger charge is 2.18. The van der Waals surface area contributed by atoms with E-state index in [-0.39, 0.29) is 17.2 Å². The third-order valence-corrected chi connectivity index (χ3v) is 4.00. The minimum absolute atomic E-state index is 0.0865. The molecular formula is C14H14N4O3. The van der Waals surface area contributed by atoms with Gasteiger partial charge in [-0.2, -0.15) is 5.10 Å². The van der Waals surface area contributed by atoms with E-state index in [4.69, 9.17) is 4.74 Å². The first kappa shape index (κ1) is 12.3. The van der Waals surface area contributed by atoms with Gasteiger partial charge in [-0.25, -0.2) is 4.52 Å². The van der Waals surface area contributed by atoms with Gasteiger partial charge in [0.05, 0.1) is 17.1 Å². The third kappa shape index (κ3) is 1.89. The number of ether oxygens (including phenoxy) is 1. The van der Waals surface area contributed by atoms with Crippen LogP contribution in [0, 0.1) is 0 Å². The molecule has 0 saturated carbocycles. The molecule has 0 unspecified atom stereocenters. The average Bonchev–Trinajstić information content (AvgIpc) is 2.96. The first-order valence-corrected chi connectivity index (χ1v) is 6.94. The second kappa shape index (κ2) is 4.56. The van der Waals surface area contributed by atoms with Crippen LogP contribution in [0.2, 0.25) is 0 Å². The minimum Gasteiger partial charge on any atom is -0.381 e. The predicted molar refractivity (Wildman–Crippen MR) is 76.7 cm³/mol. The normalized spacial score (nSPS) is 16.8. The van der Waals surface area contributed by atoms with Crippen molar-refractivity contribution in [3.8, 4) is 0 Å². The van der Waals surface area contributed by atoms with Gasteiger partial charge < -0.3 is 14.3 Å². The minimum atomic E-state index is -0.209. The van der Waals surface area contributed by atoms with Crippen LogP contribution >= 0.6 is 0 Å². The molecule has 1 fully saturated rings. The lowest BCUT2D eigenvalue weighted by molar-refractivity contribution is 0.0687. The standard InChI is InChI=1S/C14H14N4O3/c19-13-7-11-10(8-17(13)9-2-5-21-6-3-9)14(20)16-12-1-4-15-18(11)12/h1,4,7-9H,2-3,5-6H2,(H,16,20). The van der Waals surface area contributed by atoms with Gasteiger partial charge >= 0.3 is 0 Å². The first-order chi connectivity index (χ1) is 10.2. The van der Waals surface area contributed by atoms with E-state index in [1.165, 1.54) is 6.07 Å². The lowest BCUT2D eigenvalue weighted by Gasteiger charge is -2.24. The molecular weight excluding hydrogens is 272 g/mol. The molecule has 1 saturated heterocycles. The molecule has 4 rings (SSSR count). The SMILES string of the molecule is O=c1[nH]c2ccnn2c2cc(=O)n(C3CCOCC3)cc12. The molecule has 108 valence electrons. The Bertz CT molecular complexity index is 931. The highest BCUT2D eigenvalue weighted by atomic mass is 16.5. The van der Waals surface area contributed by atoms with E-state index < -0.39 is 0 Å². The predicted octanol–water partition coefficient (Wildman–Crippen LogP) is 0.689.